The van der Waals surface area contributed by atoms with Crippen molar-refractivity contribution in [2.24, 2.45) is 0 Å². The molecule has 1 N–H and O–H groups in total. The summed E-state index contributed by atoms with van der Waals surface area (Å²) in [7, 11) is 0. The zero-order valence-corrected chi connectivity index (χ0v) is 16.4. The molecule has 0 aliphatic carbocycles. The van der Waals surface area contributed by atoms with E-state index in [0.717, 1.165) is 20.9 Å². The lowest BCUT2D eigenvalue weighted by Crippen LogP contribution is -2.27. The number of nitrogens with one attached hydrogen (secondary N) is 1. The molecule has 1 aliphatic heterocycles. The fraction of sp³-hybridized carbons (Fsp3) is 0.174. The van der Waals surface area contributed by atoms with Gasteiger partial charge in [0.1, 0.15) is 11.6 Å². The van der Waals surface area contributed by atoms with Gasteiger partial charge < -0.3 is 5.32 Å². The highest BCUT2D eigenvalue weighted by molar-refractivity contribution is 7.99. The van der Waals surface area contributed by atoms with Gasteiger partial charge in [-0.2, -0.15) is 5.26 Å². The van der Waals surface area contributed by atoms with Crippen molar-refractivity contribution in [2.75, 3.05) is 6.54 Å². The molecule has 0 saturated carbocycles. The first-order chi connectivity index (χ1) is 13.5. The Kier molecular flexibility index (Phi) is 6.13. The topological polar surface area (TPSA) is 70.0 Å². The molecule has 0 radical (unpaired) electrons. The number of allylic oxidation sites excluding steroid dienone is 1. The Morgan fingerprint density at radius 2 is 1.64 bits per heavy atom. The molecule has 2 aromatic rings. The van der Waals surface area contributed by atoms with Gasteiger partial charge in [-0.25, -0.2) is 0 Å². The minimum atomic E-state index is -0.420. The molecule has 28 heavy (non-hydrogen) atoms. The standard InChI is InChI=1S/C23H20N2O2S/c1-15(2)19(26)10-7-13-25-23(27)18(14-24)22-16-8-3-5-11-20(16)28-21-12-6-4-9-17(21)22/h3-6,8-9,11-12H,1,7,10,13H2,2H3,(H,25,27). The van der Waals surface area contributed by atoms with Gasteiger partial charge in [-0.05, 0) is 42.2 Å². The monoisotopic (exact) mass is 388 g/mol. The van der Waals surface area contributed by atoms with Crippen molar-refractivity contribution >= 4 is 29.0 Å². The Bertz CT molecular complexity index is 983. The van der Waals surface area contributed by atoms with Gasteiger partial charge in [0.2, 0.25) is 0 Å². The first-order valence-electron chi connectivity index (χ1n) is 9.01. The van der Waals surface area contributed by atoms with E-state index in [4.69, 9.17) is 0 Å². The summed E-state index contributed by atoms with van der Waals surface area (Å²) in [5.74, 6) is -0.433. The third kappa shape index (κ3) is 4.08. The summed E-state index contributed by atoms with van der Waals surface area (Å²) in [4.78, 5) is 26.4. The highest BCUT2D eigenvalue weighted by atomic mass is 32.2. The zero-order valence-electron chi connectivity index (χ0n) is 15.6. The molecule has 3 rings (SSSR count). The van der Waals surface area contributed by atoms with Crippen LogP contribution in [0.15, 0.2) is 76.0 Å². The van der Waals surface area contributed by atoms with Gasteiger partial charge in [0.05, 0.1) is 0 Å². The molecule has 1 amide bonds. The van der Waals surface area contributed by atoms with E-state index in [9.17, 15) is 14.9 Å². The molecule has 0 saturated heterocycles. The van der Waals surface area contributed by atoms with Crippen molar-refractivity contribution in [1.82, 2.24) is 5.32 Å². The van der Waals surface area contributed by atoms with E-state index in [-0.39, 0.29) is 11.4 Å². The molecule has 1 aliphatic rings. The summed E-state index contributed by atoms with van der Waals surface area (Å²) in [5, 5.41) is 12.6. The lowest BCUT2D eigenvalue weighted by Gasteiger charge is -2.22. The Hall–Kier alpha value is -3.10. The van der Waals surface area contributed by atoms with Gasteiger partial charge >= 0.3 is 0 Å². The van der Waals surface area contributed by atoms with Crippen LogP contribution < -0.4 is 5.32 Å². The van der Waals surface area contributed by atoms with E-state index in [1.54, 1.807) is 18.7 Å². The number of nitriles is 1. The Balaban J connectivity index is 1.90. The highest BCUT2D eigenvalue weighted by Crippen LogP contribution is 2.46. The normalized spacial score (nSPS) is 11.6. The molecule has 0 bridgehead atoms. The number of rotatable bonds is 6. The van der Waals surface area contributed by atoms with Gasteiger partial charge in [-0.1, -0.05) is 54.7 Å². The Morgan fingerprint density at radius 1 is 1.07 bits per heavy atom. The Morgan fingerprint density at radius 3 is 2.18 bits per heavy atom. The molecule has 140 valence electrons. The lowest BCUT2D eigenvalue weighted by molar-refractivity contribution is -0.118. The van der Waals surface area contributed by atoms with Crippen molar-refractivity contribution in [2.45, 2.75) is 29.6 Å². The lowest BCUT2D eigenvalue weighted by atomic mass is 9.92. The summed E-state index contributed by atoms with van der Waals surface area (Å²) < 4.78 is 0. The molecule has 0 unspecified atom stereocenters. The SMILES string of the molecule is C=C(C)C(=O)CCCNC(=O)C(C#N)=C1c2ccccc2Sc2ccccc21. The summed E-state index contributed by atoms with van der Waals surface area (Å²) in [6.07, 6.45) is 0.838. The number of hydrogen-bond donors (Lipinski definition) is 1. The third-order valence-electron chi connectivity index (χ3n) is 4.46. The second-order valence-electron chi connectivity index (χ2n) is 6.52. The minimum absolute atomic E-state index is 0.0136. The quantitative estimate of drug-likeness (QED) is 0.383. The predicted octanol–water partition coefficient (Wildman–Crippen LogP) is 4.52. The predicted molar refractivity (Wildman–Crippen MR) is 111 cm³/mol. The number of carbonyl (C=O) groups is 2. The van der Waals surface area contributed by atoms with Crippen LogP contribution in [-0.4, -0.2) is 18.2 Å². The van der Waals surface area contributed by atoms with Crippen LogP contribution in [0.25, 0.3) is 5.57 Å². The fourth-order valence-electron chi connectivity index (χ4n) is 3.03. The molecule has 0 fully saturated rings. The van der Waals surface area contributed by atoms with Gasteiger partial charge in [0, 0.05) is 28.3 Å². The number of carbonyl (C=O) groups excluding carboxylic acids is 2. The van der Waals surface area contributed by atoms with E-state index in [0.29, 0.717) is 30.5 Å². The largest absolute Gasteiger partial charge is 0.351 e. The fourth-order valence-corrected chi connectivity index (χ4v) is 4.12. The molecule has 1 heterocycles. The molecule has 5 heteroatoms. The molecule has 0 atom stereocenters. The third-order valence-corrected chi connectivity index (χ3v) is 5.62. The van der Waals surface area contributed by atoms with Gasteiger partial charge in [0.25, 0.3) is 5.91 Å². The van der Waals surface area contributed by atoms with Crippen LogP contribution in [0.4, 0.5) is 0 Å². The number of amides is 1. The van der Waals surface area contributed by atoms with Crippen LogP contribution in [0.5, 0.6) is 0 Å². The van der Waals surface area contributed by atoms with Crippen molar-refractivity contribution in [3.63, 3.8) is 0 Å². The minimum Gasteiger partial charge on any atom is -0.351 e. The van der Waals surface area contributed by atoms with E-state index in [2.05, 4.69) is 18.0 Å². The molecule has 2 aromatic carbocycles. The van der Waals surface area contributed by atoms with Crippen LogP contribution in [-0.2, 0) is 9.59 Å². The first kappa shape index (κ1) is 19.7. The molecular formula is C23H20N2O2S. The number of benzene rings is 2. The molecular weight excluding hydrogens is 368 g/mol. The average molecular weight is 388 g/mol. The molecule has 0 aromatic heterocycles. The summed E-state index contributed by atoms with van der Waals surface area (Å²) in [6.45, 7) is 5.63. The van der Waals surface area contributed by atoms with Crippen LogP contribution in [0.1, 0.15) is 30.9 Å². The Labute approximate surface area is 169 Å². The number of Topliss-reactive ketones (excluding diaryl/α,β-unsaturated/α-hetero) is 1. The van der Waals surface area contributed by atoms with Gasteiger partial charge in [0.15, 0.2) is 5.78 Å². The average Bonchev–Trinajstić information content (AvgIpc) is 2.70. The second kappa shape index (κ2) is 8.73. The van der Waals surface area contributed by atoms with Crippen LogP contribution in [0, 0.1) is 11.3 Å². The summed E-state index contributed by atoms with van der Waals surface area (Å²) >= 11 is 1.63. The van der Waals surface area contributed by atoms with E-state index >= 15 is 0 Å². The first-order valence-corrected chi connectivity index (χ1v) is 9.82. The van der Waals surface area contributed by atoms with E-state index < -0.39 is 5.91 Å². The zero-order chi connectivity index (χ0) is 20.1. The summed E-state index contributed by atoms with van der Waals surface area (Å²) in [5.41, 5.74) is 3.03. The molecule has 0 spiro atoms. The van der Waals surface area contributed by atoms with Crippen LogP contribution >= 0.6 is 11.8 Å². The number of ketones is 1. The maximum absolute atomic E-state index is 12.8. The highest BCUT2D eigenvalue weighted by Gasteiger charge is 2.26. The second-order valence-corrected chi connectivity index (χ2v) is 7.60. The van der Waals surface area contributed by atoms with E-state index in [1.165, 1.54) is 0 Å². The van der Waals surface area contributed by atoms with Gasteiger partial charge in [-0.15, -0.1) is 0 Å². The maximum Gasteiger partial charge on any atom is 0.262 e. The van der Waals surface area contributed by atoms with Crippen LogP contribution in [0.2, 0.25) is 0 Å². The van der Waals surface area contributed by atoms with E-state index in [1.807, 2.05) is 48.5 Å². The maximum atomic E-state index is 12.8. The number of nitrogens with zero attached hydrogens (tertiary/aromatic N) is 1. The van der Waals surface area contributed by atoms with Crippen molar-refractivity contribution in [1.29, 1.82) is 5.26 Å². The molecule has 4 nitrogen and oxygen atoms in total. The van der Waals surface area contributed by atoms with Crippen molar-refractivity contribution < 1.29 is 9.59 Å². The van der Waals surface area contributed by atoms with Crippen molar-refractivity contribution in [3.8, 4) is 6.07 Å². The van der Waals surface area contributed by atoms with Gasteiger partial charge in [-0.3, -0.25) is 9.59 Å². The van der Waals surface area contributed by atoms with Crippen LogP contribution in [0.3, 0.4) is 0 Å². The smallest absolute Gasteiger partial charge is 0.262 e. The number of fused-ring (bicyclic) bond motifs is 2. The van der Waals surface area contributed by atoms with Crippen molar-refractivity contribution in [3.05, 3.63) is 77.4 Å². The summed E-state index contributed by atoms with van der Waals surface area (Å²) in [6, 6.07) is 17.7. The number of hydrogen-bond acceptors (Lipinski definition) is 4.